The summed E-state index contributed by atoms with van der Waals surface area (Å²) in [5.41, 5.74) is 0. The molecule has 1 rings (SSSR count). The van der Waals surface area contributed by atoms with E-state index in [0.29, 0.717) is 6.04 Å². The van der Waals surface area contributed by atoms with Crippen LogP contribution in [0.4, 0.5) is 0 Å². The molecule has 13 heavy (non-hydrogen) atoms. The second-order valence-corrected chi connectivity index (χ2v) is 4.67. The summed E-state index contributed by atoms with van der Waals surface area (Å²) in [6.45, 7) is 2.98. The lowest BCUT2D eigenvalue weighted by atomic mass is 10.00. The normalized spacial score (nSPS) is 27.1. The molecule has 0 aromatic rings. The Morgan fingerprint density at radius 2 is 2.38 bits per heavy atom. The van der Waals surface area contributed by atoms with Gasteiger partial charge in [0.2, 0.25) is 0 Å². The van der Waals surface area contributed by atoms with E-state index in [1.54, 1.807) is 11.8 Å². The highest BCUT2D eigenvalue weighted by Gasteiger charge is 2.34. The highest BCUT2D eigenvalue weighted by Crippen LogP contribution is 2.23. The summed E-state index contributed by atoms with van der Waals surface area (Å²) in [5, 5.41) is 11.5. The quantitative estimate of drug-likeness (QED) is 0.686. The molecule has 0 spiro atoms. The van der Waals surface area contributed by atoms with Crippen molar-refractivity contribution in [2.24, 2.45) is 5.92 Å². The van der Waals surface area contributed by atoms with Crippen LogP contribution in [0, 0.1) is 5.92 Å². The molecule has 3 atom stereocenters. The Morgan fingerprint density at radius 3 is 2.77 bits per heavy atom. The second-order valence-electron chi connectivity index (χ2n) is 3.66. The zero-order valence-electron chi connectivity index (χ0n) is 8.19. The molecular weight excluding hydrogens is 186 g/mol. The summed E-state index contributed by atoms with van der Waals surface area (Å²) in [6, 6.07) is 0.515. The molecule has 0 unspecified atom stereocenters. The van der Waals surface area contributed by atoms with Gasteiger partial charge in [0.05, 0.1) is 23.8 Å². The lowest BCUT2D eigenvalue weighted by molar-refractivity contribution is -0.669. The minimum absolute atomic E-state index is 0.227. The second kappa shape index (κ2) is 4.86. The maximum Gasteiger partial charge on any atom is 0.307 e. The van der Waals surface area contributed by atoms with Crippen molar-refractivity contribution in [3.8, 4) is 0 Å². The zero-order chi connectivity index (χ0) is 9.84. The number of nitrogens with two attached hydrogens (primary N) is 1. The first-order valence-electron chi connectivity index (χ1n) is 4.75. The molecule has 0 aromatic carbocycles. The number of hydrogen-bond acceptors (Lipinski definition) is 2. The van der Waals surface area contributed by atoms with E-state index in [2.05, 4.69) is 5.32 Å². The number of carbonyl (C=O) groups is 1. The van der Waals surface area contributed by atoms with Crippen molar-refractivity contribution < 1.29 is 15.2 Å². The molecule has 1 saturated heterocycles. The molecular formula is C9H18NO2S+. The Kier molecular flexibility index (Phi) is 4.06. The first-order chi connectivity index (χ1) is 6.16. The average molecular weight is 204 g/mol. The number of aliphatic carboxylic acids is 1. The molecule has 0 aliphatic carbocycles. The van der Waals surface area contributed by atoms with E-state index in [0.717, 1.165) is 6.54 Å². The maximum atomic E-state index is 10.8. The Hall–Kier alpha value is -0.220. The number of carboxylic acids is 1. The first kappa shape index (κ1) is 10.9. The summed E-state index contributed by atoms with van der Waals surface area (Å²) in [6.07, 6.45) is 4.41. The SMILES string of the molecule is CS[C@@H]([C@@H]1CCC[NH2+]1)[C@@H](C)C(=O)O. The van der Waals surface area contributed by atoms with Crippen LogP contribution in [0.3, 0.4) is 0 Å². The van der Waals surface area contributed by atoms with Gasteiger partial charge in [-0.05, 0) is 6.26 Å². The number of quaternary nitrogens is 1. The van der Waals surface area contributed by atoms with Crippen LogP contribution in [0.2, 0.25) is 0 Å². The molecule has 0 bridgehead atoms. The minimum Gasteiger partial charge on any atom is -0.481 e. The van der Waals surface area contributed by atoms with Crippen molar-refractivity contribution >= 4 is 17.7 Å². The first-order valence-corrected chi connectivity index (χ1v) is 6.04. The highest BCUT2D eigenvalue weighted by atomic mass is 32.2. The zero-order valence-corrected chi connectivity index (χ0v) is 9.01. The van der Waals surface area contributed by atoms with E-state index >= 15 is 0 Å². The van der Waals surface area contributed by atoms with Gasteiger partial charge in [0.25, 0.3) is 0 Å². The fourth-order valence-corrected chi connectivity index (χ4v) is 3.11. The van der Waals surface area contributed by atoms with Crippen LogP contribution in [0.1, 0.15) is 19.8 Å². The fraction of sp³-hybridized carbons (Fsp3) is 0.889. The third-order valence-corrected chi connectivity index (χ3v) is 4.09. The third-order valence-electron chi connectivity index (χ3n) is 2.79. The standard InChI is InChI=1S/C9H17NO2S/c1-6(9(11)12)8(13-2)7-4-3-5-10-7/h6-8,10H,3-5H2,1-2H3,(H,11,12)/p+1/t6-,7+,8-/m1/s1. The van der Waals surface area contributed by atoms with Crippen molar-refractivity contribution in [3.05, 3.63) is 0 Å². The van der Waals surface area contributed by atoms with Gasteiger partial charge < -0.3 is 10.4 Å². The van der Waals surface area contributed by atoms with E-state index < -0.39 is 5.97 Å². The molecule has 4 heteroatoms. The summed E-state index contributed by atoms with van der Waals surface area (Å²) in [5.74, 6) is -0.894. The van der Waals surface area contributed by atoms with Gasteiger partial charge in [-0.2, -0.15) is 11.8 Å². The van der Waals surface area contributed by atoms with Crippen molar-refractivity contribution in [3.63, 3.8) is 0 Å². The summed E-state index contributed by atoms with van der Waals surface area (Å²) in [7, 11) is 0. The molecule has 0 saturated carbocycles. The minimum atomic E-state index is -0.667. The van der Waals surface area contributed by atoms with E-state index in [9.17, 15) is 4.79 Å². The maximum absolute atomic E-state index is 10.8. The monoisotopic (exact) mass is 204 g/mol. The van der Waals surface area contributed by atoms with Crippen molar-refractivity contribution in [2.45, 2.75) is 31.1 Å². The van der Waals surface area contributed by atoms with Crippen LogP contribution in [-0.2, 0) is 4.79 Å². The largest absolute Gasteiger partial charge is 0.481 e. The van der Waals surface area contributed by atoms with Crippen LogP contribution in [0.5, 0.6) is 0 Å². The Morgan fingerprint density at radius 1 is 1.69 bits per heavy atom. The number of thioether (sulfide) groups is 1. The van der Waals surface area contributed by atoms with Crippen LogP contribution in [0.15, 0.2) is 0 Å². The Labute approximate surface area is 83.3 Å². The van der Waals surface area contributed by atoms with Gasteiger partial charge in [0.15, 0.2) is 0 Å². The smallest absolute Gasteiger partial charge is 0.307 e. The van der Waals surface area contributed by atoms with E-state index in [1.165, 1.54) is 12.8 Å². The van der Waals surface area contributed by atoms with Gasteiger partial charge in [-0.25, -0.2) is 0 Å². The Balaban J connectivity index is 2.54. The van der Waals surface area contributed by atoms with Crippen molar-refractivity contribution in [2.75, 3.05) is 12.8 Å². The van der Waals surface area contributed by atoms with Crippen molar-refractivity contribution in [1.82, 2.24) is 0 Å². The van der Waals surface area contributed by atoms with Crippen LogP contribution < -0.4 is 5.32 Å². The number of hydrogen-bond donors (Lipinski definition) is 2. The van der Waals surface area contributed by atoms with E-state index in [-0.39, 0.29) is 11.2 Å². The van der Waals surface area contributed by atoms with Gasteiger partial charge in [-0.3, -0.25) is 4.79 Å². The summed E-state index contributed by atoms with van der Waals surface area (Å²) >= 11 is 1.69. The molecule has 1 fully saturated rings. The van der Waals surface area contributed by atoms with E-state index in [4.69, 9.17) is 5.11 Å². The van der Waals surface area contributed by atoms with Gasteiger partial charge in [0, 0.05) is 12.8 Å². The fourth-order valence-electron chi connectivity index (χ4n) is 1.99. The lowest BCUT2D eigenvalue weighted by Gasteiger charge is -2.22. The molecule has 1 aliphatic heterocycles. The number of rotatable bonds is 4. The topological polar surface area (TPSA) is 53.9 Å². The predicted octanol–water partition coefficient (Wildman–Crippen LogP) is 0.165. The highest BCUT2D eigenvalue weighted by molar-refractivity contribution is 7.99. The summed E-state index contributed by atoms with van der Waals surface area (Å²) in [4.78, 5) is 10.8. The molecule has 1 heterocycles. The van der Waals surface area contributed by atoms with Crippen LogP contribution in [-0.4, -0.2) is 35.2 Å². The molecule has 76 valence electrons. The van der Waals surface area contributed by atoms with E-state index in [1.807, 2.05) is 13.2 Å². The van der Waals surface area contributed by atoms with Crippen molar-refractivity contribution in [1.29, 1.82) is 0 Å². The van der Waals surface area contributed by atoms with Gasteiger partial charge >= 0.3 is 5.97 Å². The average Bonchev–Trinajstić information content (AvgIpc) is 2.58. The predicted molar refractivity (Wildman–Crippen MR) is 53.9 cm³/mol. The summed E-state index contributed by atoms with van der Waals surface area (Å²) < 4.78 is 0. The molecule has 3 N–H and O–H groups in total. The molecule has 0 radical (unpaired) electrons. The lowest BCUT2D eigenvalue weighted by Crippen LogP contribution is -2.89. The molecule has 1 aliphatic rings. The molecule has 3 nitrogen and oxygen atoms in total. The van der Waals surface area contributed by atoms with Gasteiger partial charge in [0.1, 0.15) is 0 Å². The molecule has 0 amide bonds. The van der Waals surface area contributed by atoms with Crippen LogP contribution in [0.25, 0.3) is 0 Å². The van der Waals surface area contributed by atoms with Gasteiger partial charge in [-0.1, -0.05) is 6.92 Å². The third kappa shape index (κ3) is 2.61. The Bertz CT molecular complexity index is 180. The van der Waals surface area contributed by atoms with Gasteiger partial charge in [-0.15, -0.1) is 0 Å². The number of carboxylic acid groups (broad SMARTS) is 1. The van der Waals surface area contributed by atoms with Crippen LogP contribution >= 0.6 is 11.8 Å². The molecule has 0 aromatic heterocycles.